The lowest BCUT2D eigenvalue weighted by Crippen LogP contribution is -2.10. The molecular formula is C9H14N2. The van der Waals surface area contributed by atoms with Gasteiger partial charge in [-0.25, -0.2) is 0 Å². The van der Waals surface area contributed by atoms with Crippen molar-refractivity contribution in [2.45, 2.75) is 13.3 Å². The SMILES string of the molecule is CC1=C/C/C=N\N(C)C/C=C\1. The van der Waals surface area contributed by atoms with Gasteiger partial charge < -0.3 is 0 Å². The molecule has 0 radical (unpaired) electrons. The van der Waals surface area contributed by atoms with Crippen LogP contribution in [0.1, 0.15) is 13.3 Å². The van der Waals surface area contributed by atoms with E-state index in [2.05, 4.69) is 30.3 Å². The van der Waals surface area contributed by atoms with Crippen LogP contribution < -0.4 is 0 Å². The number of nitrogens with zero attached hydrogens (tertiary/aromatic N) is 2. The third-order valence-electron chi connectivity index (χ3n) is 1.57. The minimum Gasteiger partial charge on any atom is -0.297 e. The van der Waals surface area contributed by atoms with Crippen LogP contribution in [0.25, 0.3) is 0 Å². The molecule has 0 aromatic carbocycles. The Morgan fingerprint density at radius 1 is 1.55 bits per heavy atom. The fourth-order valence-corrected chi connectivity index (χ4v) is 0.931. The van der Waals surface area contributed by atoms with Crippen LogP contribution in [0.4, 0.5) is 0 Å². The van der Waals surface area contributed by atoms with Crippen LogP contribution in [0.2, 0.25) is 0 Å². The van der Waals surface area contributed by atoms with Crippen LogP contribution in [0.5, 0.6) is 0 Å². The van der Waals surface area contributed by atoms with Gasteiger partial charge in [0.2, 0.25) is 0 Å². The largest absolute Gasteiger partial charge is 0.297 e. The maximum atomic E-state index is 4.19. The molecule has 1 aliphatic heterocycles. The maximum absolute atomic E-state index is 4.19. The quantitative estimate of drug-likeness (QED) is 0.514. The van der Waals surface area contributed by atoms with Crippen molar-refractivity contribution in [3.8, 4) is 0 Å². The third kappa shape index (κ3) is 3.03. The standard InChI is InChI=1S/C9H14N2/c1-9-5-3-7-10-11(2)8-4-6-9/h4-7H,3,8H2,1-2H3/b6-4-,9-5-,10-7-. The molecule has 0 fully saturated rings. The molecule has 11 heavy (non-hydrogen) atoms. The molecule has 0 unspecified atom stereocenters. The second kappa shape index (κ2) is 3.96. The molecule has 0 aromatic heterocycles. The van der Waals surface area contributed by atoms with Gasteiger partial charge in [0, 0.05) is 19.7 Å². The number of hydrazone groups is 1. The molecule has 1 heterocycles. The first-order valence-corrected chi connectivity index (χ1v) is 3.86. The average Bonchev–Trinajstić information content (AvgIpc) is 2.04. The first-order valence-electron chi connectivity index (χ1n) is 3.86. The van der Waals surface area contributed by atoms with E-state index < -0.39 is 0 Å². The smallest absolute Gasteiger partial charge is 0.0540 e. The monoisotopic (exact) mass is 150 g/mol. The van der Waals surface area contributed by atoms with Gasteiger partial charge in [-0.2, -0.15) is 5.10 Å². The molecule has 0 N–H and O–H groups in total. The molecule has 0 aliphatic carbocycles. The van der Waals surface area contributed by atoms with Crippen LogP contribution in [-0.4, -0.2) is 24.8 Å². The number of rotatable bonds is 0. The summed E-state index contributed by atoms with van der Waals surface area (Å²) in [5.41, 5.74) is 1.31. The van der Waals surface area contributed by atoms with E-state index >= 15 is 0 Å². The Labute approximate surface area is 67.9 Å². The van der Waals surface area contributed by atoms with Gasteiger partial charge in [-0.1, -0.05) is 23.8 Å². The third-order valence-corrected chi connectivity index (χ3v) is 1.57. The zero-order chi connectivity index (χ0) is 8.10. The van der Waals surface area contributed by atoms with Crippen LogP contribution in [-0.2, 0) is 0 Å². The van der Waals surface area contributed by atoms with Crippen LogP contribution in [0, 0.1) is 0 Å². The normalized spacial score (nSPS) is 29.3. The predicted molar refractivity (Wildman–Crippen MR) is 48.6 cm³/mol. The molecule has 0 saturated carbocycles. The summed E-state index contributed by atoms with van der Waals surface area (Å²) in [6.07, 6.45) is 9.27. The van der Waals surface area contributed by atoms with E-state index in [1.54, 1.807) is 0 Å². The topological polar surface area (TPSA) is 15.6 Å². The summed E-state index contributed by atoms with van der Waals surface area (Å²) in [4.78, 5) is 0. The predicted octanol–water partition coefficient (Wildman–Crippen LogP) is 1.81. The summed E-state index contributed by atoms with van der Waals surface area (Å²) < 4.78 is 0. The summed E-state index contributed by atoms with van der Waals surface area (Å²) in [7, 11) is 1.97. The Balaban J connectivity index is 2.63. The molecule has 0 atom stereocenters. The lowest BCUT2D eigenvalue weighted by Gasteiger charge is -2.07. The highest BCUT2D eigenvalue weighted by Gasteiger charge is 1.89. The van der Waals surface area contributed by atoms with Crippen molar-refractivity contribution in [2.75, 3.05) is 13.6 Å². The molecule has 1 rings (SSSR count). The lowest BCUT2D eigenvalue weighted by atomic mass is 10.2. The summed E-state index contributed by atoms with van der Waals surface area (Å²) >= 11 is 0. The van der Waals surface area contributed by atoms with Crippen molar-refractivity contribution < 1.29 is 0 Å². The van der Waals surface area contributed by atoms with Crippen molar-refractivity contribution >= 4 is 6.21 Å². The highest BCUT2D eigenvalue weighted by atomic mass is 15.4. The zero-order valence-electron chi connectivity index (χ0n) is 7.12. The second-order valence-corrected chi connectivity index (χ2v) is 2.72. The van der Waals surface area contributed by atoms with Gasteiger partial charge in [-0.05, 0) is 6.92 Å². The fraction of sp³-hybridized carbons (Fsp3) is 0.444. The maximum Gasteiger partial charge on any atom is 0.0540 e. The summed E-state index contributed by atoms with van der Waals surface area (Å²) in [5.74, 6) is 0. The molecular weight excluding hydrogens is 136 g/mol. The van der Waals surface area contributed by atoms with E-state index in [0.29, 0.717) is 0 Å². The Morgan fingerprint density at radius 2 is 2.36 bits per heavy atom. The highest BCUT2D eigenvalue weighted by Crippen LogP contribution is 1.99. The number of likely N-dealkylation sites (N-methyl/N-ethyl adjacent to an activating group) is 1. The Bertz CT molecular complexity index is 202. The minimum absolute atomic E-state index is 0.891. The zero-order valence-corrected chi connectivity index (χ0v) is 7.12. The molecule has 0 saturated heterocycles. The average molecular weight is 150 g/mol. The van der Waals surface area contributed by atoms with Crippen molar-refractivity contribution in [1.82, 2.24) is 5.01 Å². The lowest BCUT2D eigenvalue weighted by molar-refractivity contribution is 0.396. The molecule has 1 aliphatic rings. The number of hydrogen-bond acceptors (Lipinski definition) is 2. The number of allylic oxidation sites excluding steroid dienone is 3. The molecule has 0 spiro atoms. The van der Waals surface area contributed by atoms with Gasteiger partial charge in [0.05, 0.1) is 6.54 Å². The van der Waals surface area contributed by atoms with E-state index in [0.717, 1.165) is 13.0 Å². The Morgan fingerprint density at radius 3 is 3.18 bits per heavy atom. The first-order chi connectivity index (χ1) is 5.29. The first kappa shape index (κ1) is 8.05. The van der Waals surface area contributed by atoms with Gasteiger partial charge in [0.15, 0.2) is 0 Å². The number of hydrogen-bond donors (Lipinski definition) is 0. The van der Waals surface area contributed by atoms with Gasteiger partial charge in [-0.3, -0.25) is 5.01 Å². The van der Waals surface area contributed by atoms with Crippen molar-refractivity contribution in [3.63, 3.8) is 0 Å². The van der Waals surface area contributed by atoms with Gasteiger partial charge in [0.1, 0.15) is 0 Å². The summed E-state index contributed by atoms with van der Waals surface area (Å²) in [5, 5.41) is 6.11. The van der Waals surface area contributed by atoms with Crippen LogP contribution >= 0.6 is 0 Å². The van der Waals surface area contributed by atoms with E-state index in [1.165, 1.54) is 5.57 Å². The summed E-state index contributed by atoms with van der Waals surface area (Å²) in [6, 6.07) is 0. The Hall–Kier alpha value is -1.05. The van der Waals surface area contributed by atoms with Crippen molar-refractivity contribution in [2.24, 2.45) is 5.10 Å². The van der Waals surface area contributed by atoms with Crippen molar-refractivity contribution in [3.05, 3.63) is 23.8 Å². The van der Waals surface area contributed by atoms with E-state index in [4.69, 9.17) is 0 Å². The minimum atomic E-state index is 0.891. The van der Waals surface area contributed by atoms with E-state index in [-0.39, 0.29) is 0 Å². The van der Waals surface area contributed by atoms with Gasteiger partial charge in [0.25, 0.3) is 0 Å². The fourth-order valence-electron chi connectivity index (χ4n) is 0.931. The van der Waals surface area contributed by atoms with E-state index in [9.17, 15) is 0 Å². The van der Waals surface area contributed by atoms with Crippen molar-refractivity contribution in [1.29, 1.82) is 0 Å². The second-order valence-electron chi connectivity index (χ2n) is 2.72. The molecule has 0 amide bonds. The van der Waals surface area contributed by atoms with Crippen LogP contribution in [0.3, 0.4) is 0 Å². The summed E-state index contributed by atoms with van der Waals surface area (Å²) in [6.45, 7) is 3.00. The molecule has 60 valence electrons. The van der Waals surface area contributed by atoms with Gasteiger partial charge in [-0.15, -0.1) is 0 Å². The molecule has 0 bridgehead atoms. The van der Waals surface area contributed by atoms with Crippen LogP contribution in [0.15, 0.2) is 28.9 Å². The molecule has 0 aromatic rings. The Kier molecular flexibility index (Phi) is 2.90. The van der Waals surface area contributed by atoms with Gasteiger partial charge >= 0.3 is 0 Å². The molecule has 2 heteroatoms. The van der Waals surface area contributed by atoms with E-state index in [1.807, 2.05) is 18.3 Å². The highest BCUT2D eigenvalue weighted by molar-refractivity contribution is 5.59. The molecule has 2 nitrogen and oxygen atoms in total.